The largest absolute Gasteiger partial charge is 0.453 e. The Morgan fingerprint density at radius 2 is 1.87 bits per heavy atom. The summed E-state index contributed by atoms with van der Waals surface area (Å²) in [4.78, 5) is 15.8. The van der Waals surface area contributed by atoms with Gasteiger partial charge in [-0.05, 0) is 37.5 Å². The van der Waals surface area contributed by atoms with Gasteiger partial charge in [-0.3, -0.25) is 5.32 Å². The SMILES string of the molecule is CCNC(=NCc1ccc(NC(=O)OC)cc1)NCc1cc(C(CC)CC)no1.I. The van der Waals surface area contributed by atoms with Gasteiger partial charge in [-0.25, -0.2) is 9.79 Å². The first-order chi connectivity index (χ1) is 14.1. The molecule has 0 atom stereocenters. The summed E-state index contributed by atoms with van der Waals surface area (Å²) in [5, 5.41) is 13.3. The zero-order chi connectivity index (χ0) is 21.1. The molecule has 30 heavy (non-hydrogen) atoms. The summed E-state index contributed by atoms with van der Waals surface area (Å²) in [6, 6.07) is 9.47. The molecule has 2 aromatic rings. The molecule has 0 spiro atoms. The molecule has 0 saturated carbocycles. The average molecular weight is 529 g/mol. The third-order valence-electron chi connectivity index (χ3n) is 4.56. The summed E-state index contributed by atoms with van der Waals surface area (Å²) in [5.74, 6) is 1.92. The number of nitrogens with one attached hydrogen (secondary N) is 3. The van der Waals surface area contributed by atoms with Crippen molar-refractivity contribution in [2.24, 2.45) is 4.99 Å². The summed E-state index contributed by atoms with van der Waals surface area (Å²) in [5.41, 5.74) is 2.70. The minimum atomic E-state index is -0.492. The van der Waals surface area contributed by atoms with Gasteiger partial charge in [0.15, 0.2) is 11.7 Å². The van der Waals surface area contributed by atoms with Gasteiger partial charge >= 0.3 is 6.09 Å². The van der Waals surface area contributed by atoms with Crippen LogP contribution in [0.5, 0.6) is 0 Å². The van der Waals surface area contributed by atoms with Crippen LogP contribution in [0.2, 0.25) is 0 Å². The molecule has 0 aliphatic heterocycles. The maximum absolute atomic E-state index is 11.2. The molecule has 1 aromatic carbocycles. The molecular weight excluding hydrogens is 497 g/mol. The summed E-state index contributed by atoms with van der Waals surface area (Å²) in [7, 11) is 1.33. The van der Waals surface area contributed by atoms with Crippen molar-refractivity contribution in [1.82, 2.24) is 15.8 Å². The summed E-state index contributed by atoms with van der Waals surface area (Å²) in [6.07, 6.45) is 1.61. The number of hydrogen-bond acceptors (Lipinski definition) is 5. The van der Waals surface area contributed by atoms with Crippen molar-refractivity contribution in [1.29, 1.82) is 0 Å². The topological polar surface area (TPSA) is 101 Å². The number of guanidine groups is 1. The molecule has 9 heteroatoms. The second-order valence-corrected chi connectivity index (χ2v) is 6.59. The zero-order valence-electron chi connectivity index (χ0n) is 18.0. The molecule has 0 unspecified atom stereocenters. The van der Waals surface area contributed by atoms with Crippen LogP contribution in [0.3, 0.4) is 0 Å². The van der Waals surface area contributed by atoms with Crippen molar-refractivity contribution in [2.45, 2.75) is 52.6 Å². The van der Waals surface area contributed by atoms with E-state index in [0.717, 1.165) is 36.4 Å². The fraction of sp³-hybridized carbons (Fsp3) is 0.476. The van der Waals surface area contributed by atoms with Gasteiger partial charge in [0.1, 0.15) is 0 Å². The van der Waals surface area contributed by atoms with Crippen LogP contribution in [0.4, 0.5) is 10.5 Å². The molecule has 0 bridgehead atoms. The molecule has 0 fully saturated rings. The number of carbonyl (C=O) groups is 1. The molecule has 8 nitrogen and oxygen atoms in total. The monoisotopic (exact) mass is 529 g/mol. The Bertz CT molecular complexity index is 788. The number of ether oxygens (including phenoxy) is 1. The molecule has 0 aliphatic rings. The Morgan fingerprint density at radius 1 is 1.17 bits per heavy atom. The highest BCUT2D eigenvalue weighted by molar-refractivity contribution is 14.0. The van der Waals surface area contributed by atoms with E-state index in [1.807, 2.05) is 37.3 Å². The van der Waals surface area contributed by atoms with Gasteiger partial charge in [-0.2, -0.15) is 0 Å². The van der Waals surface area contributed by atoms with E-state index in [1.165, 1.54) is 7.11 Å². The first-order valence-corrected chi connectivity index (χ1v) is 10.0. The lowest BCUT2D eigenvalue weighted by molar-refractivity contribution is 0.187. The fourth-order valence-corrected chi connectivity index (χ4v) is 2.86. The van der Waals surface area contributed by atoms with E-state index in [2.05, 4.69) is 44.7 Å². The Balaban J connectivity index is 0.00000450. The lowest BCUT2D eigenvalue weighted by Crippen LogP contribution is -2.36. The van der Waals surface area contributed by atoms with E-state index in [9.17, 15) is 4.79 Å². The quantitative estimate of drug-likeness (QED) is 0.249. The normalized spacial score (nSPS) is 11.0. The number of carbonyl (C=O) groups excluding carboxylic acids is 1. The van der Waals surface area contributed by atoms with Crippen LogP contribution in [0.1, 0.15) is 56.5 Å². The molecule has 1 heterocycles. The number of aromatic nitrogens is 1. The molecule has 2 rings (SSSR count). The lowest BCUT2D eigenvalue weighted by atomic mass is 9.99. The van der Waals surface area contributed by atoms with Crippen LogP contribution in [0, 0.1) is 0 Å². The van der Waals surface area contributed by atoms with Crippen molar-refractivity contribution in [3.8, 4) is 0 Å². The highest BCUT2D eigenvalue weighted by atomic mass is 127. The minimum absolute atomic E-state index is 0. The lowest BCUT2D eigenvalue weighted by Gasteiger charge is -2.10. The number of benzene rings is 1. The van der Waals surface area contributed by atoms with Gasteiger partial charge in [-0.15, -0.1) is 24.0 Å². The predicted molar refractivity (Wildman–Crippen MR) is 129 cm³/mol. The van der Waals surface area contributed by atoms with Crippen LogP contribution in [-0.2, 0) is 17.8 Å². The number of hydrogen-bond donors (Lipinski definition) is 3. The van der Waals surface area contributed by atoms with Crippen LogP contribution >= 0.6 is 24.0 Å². The molecule has 0 radical (unpaired) electrons. The summed E-state index contributed by atoms with van der Waals surface area (Å²) < 4.78 is 10.0. The highest BCUT2D eigenvalue weighted by Crippen LogP contribution is 2.22. The van der Waals surface area contributed by atoms with Crippen molar-refractivity contribution < 1.29 is 14.1 Å². The van der Waals surface area contributed by atoms with Crippen molar-refractivity contribution in [3.05, 3.63) is 47.3 Å². The van der Waals surface area contributed by atoms with Gasteiger partial charge in [0.25, 0.3) is 0 Å². The Kier molecular flexibility index (Phi) is 11.9. The third kappa shape index (κ3) is 8.21. The van der Waals surface area contributed by atoms with Gasteiger partial charge in [-0.1, -0.05) is 31.1 Å². The number of amides is 1. The van der Waals surface area contributed by atoms with E-state index in [1.54, 1.807) is 0 Å². The smallest absolute Gasteiger partial charge is 0.411 e. The summed E-state index contributed by atoms with van der Waals surface area (Å²) >= 11 is 0. The van der Waals surface area contributed by atoms with E-state index >= 15 is 0 Å². The van der Waals surface area contributed by atoms with Crippen LogP contribution < -0.4 is 16.0 Å². The Morgan fingerprint density at radius 3 is 2.47 bits per heavy atom. The number of halogens is 1. The number of anilines is 1. The van der Waals surface area contributed by atoms with Gasteiger partial charge in [0.2, 0.25) is 0 Å². The van der Waals surface area contributed by atoms with Gasteiger partial charge < -0.3 is 19.9 Å². The van der Waals surface area contributed by atoms with E-state index in [4.69, 9.17) is 4.52 Å². The minimum Gasteiger partial charge on any atom is -0.453 e. The van der Waals surface area contributed by atoms with Gasteiger partial charge in [0, 0.05) is 24.2 Å². The number of nitrogens with zero attached hydrogens (tertiary/aromatic N) is 2. The highest BCUT2D eigenvalue weighted by Gasteiger charge is 2.13. The van der Waals surface area contributed by atoms with Crippen molar-refractivity contribution in [2.75, 3.05) is 19.0 Å². The van der Waals surface area contributed by atoms with E-state index in [-0.39, 0.29) is 24.0 Å². The molecule has 166 valence electrons. The van der Waals surface area contributed by atoms with Crippen LogP contribution in [-0.4, -0.2) is 30.9 Å². The predicted octanol–water partition coefficient (Wildman–Crippen LogP) is 4.63. The van der Waals surface area contributed by atoms with Crippen molar-refractivity contribution in [3.63, 3.8) is 0 Å². The standard InChI is InChI=1S/C21H31N5O3.HI/c1-5-16(6-2)19-12-18(29-26-19)14-24-20(22-7-3)23-13-15-8-10-17(11-9-15)25-21(27)28-4;/h8-12,16H,5-7,13-14H2,1-4H3,(H,25,27)(H2,22,23,24);1H. The van der Waals surface area contributed by atoms with Crippen molar-refractivity contribution >= 4 is 41.7 Å². The number of aliphatic imine (C=N–C) groups is 1. The Hall–Kier alpha value is -2.30. The maximum atomic E-state index is 11.2. The molecule has 0 saturated heterocycles. The second kappa shape index (κ2) is 13.8. The molecule has 1 aromatic heterocycles. The molecular formula is C21H32IN5O3. The average Bonchev–Trinajstić information content (AvgIpc) is 3.20. The maximum Gasteiger partial charge on any atom is 0.411 e. The van der Waals surface area contributed by atoms with E-state index in [0.29, 0.717) is 30.7 Å². The summed E-state index contributed by atoms with van der Waals surface area (Å²) in [6.45, 7) is 8.11. The molecule has 1 amide bonds. The van der Waals surface area contributed by atoms with Gasteiger partial charge in [0.05, 0.1) is 25.9 Å². The molecule has 0 aliphatic carbocycles. The first kappa shape index (κ1) is 25.7. The number of rotatable bonds is 9. The molecule has 3 N–H and O–H groups in total. The first-order valence-electron chi connectivity index (χ1n) is 10.0. The number of methoxy groups -OCH3 is 1. The third-order valence-corrected chi connectivity index (χ3v) is 4.56. The Labute approximate surface area is 195 Å². The fourth-order valence-electron chi connectivity index (χ4n) is 2.86. The second-order valence-electron chi connectivity index (χ2n) is 6.59. The zero-order valence-corrected chi connectivity index (χ0v) is 20.4. The van der Waals surface area contributed by atoms with Crippen LogP contribution in [0.15, 0.2) is 39.8 Å². The van der Waals surface area contributed by atoms with Crippen LogP contribution in [0.25, 0.3) is 0 Å². The van der Waals surface area contributed by atoms with E-state index < -0.39 is 6.09 Å².